The first kappa shape index (κ1) is 22.1. The molecule has 29 heavy (non-hydrogen) atoms. The summed E-state index contributed by atoms with van der Waals surface area (Å²) in [7, 11) is 3.19. The molecule has 2 N–H and O–H groups in total. The summed E-state index contributed by atoms with van der Waals surface area (Å²) in [5.74, 6) is -1.06. The third kappa shape index (κ3) is 5.89. The molecular weight excluding hydrogens is 395 g/mol. The monoisotopic (exact) mass is 418 g/mol. The predicted molar refractivity (Wildman–Crippen MR) is 112 cm³/mol. The average Bonchev–Trinajstić information content (AvgIpc) is 3.37. The van der Waals surface area contributed by atoms with Gasteiger partial charge in [-0.1, -0.05) is 13.8 Å². The molecule has 0 aliphatic rings. The molecule has 0 unspecified atom stereocenters. The lowest BCUT2D eigenvalue weighted by Gasteiger charge is -2.04. The fourth-order valence-electron chi connectivity index (χ4n) is 2.35. The zero-order valence-electron chi connectivity index (χ0n) is 16.7. The third-order valence-corrected chi connectivity index (χ3v) is 4.46. The lowest BCUT2D eigenvalue weighted by atomic mass is 10.1. The summed E-state index contributed by atoms with van der Waals surface area (Å²) in [6.07, 6.45) is 3.41. The van der Waals surface area contributed by atoms with Crippen LogP contribution in [0.25, 0.3) is 11.3 Å². The number of thiazole rings is 1. The van der Waals surface area contributed by atoms with Crippen LogP contribution in [0.4, 0.5) is 9.52 Å². The highest BCUT2D eigenvalue weighted by molar-refractivity contribution is 7.14. The Morgan fingerprint density at radius 2 is 2.03 bits per heavy atom. The van der Waals surface area contributed by atoms with Crippen molar-refractivity contribution in [1.29, 1.82) is 0 Å². The molecule has 1 aromatic carbocycles. The van der Waals surface area contributed by atoms with E-state index < -0.39 is 11.7 Å². The van der Waals surface area contributed by atoms with Crippen LogP contribution in [0.3, 0.4) is 0 Å². The first-order valence-electron chi connectivity index (χ1n) is 8.95. The van der Waals surface area contributed by atoms with Crippen molar-refractivity contribution in [3.63, 3.8) is 0 Å². The minimum Gasteiger partial charge on any atom is -0.494 e. The van der Waals surface area contributed by atoms with E-state index in [2.05, 4.69) is 15.6 Å². The Kier molecular flexibility index (Phi) is 7.90. The molecule has 3 aromatic rings. The van der Waals surface area contributed by atoms with E-state index in [4.69, 9.17) is 4.74 Å². The zero-order chi connectivity index (χ0) is 21.4. The first-order chi connectivity index (χ1) is 14.0. The van der Waals surface area contributed by atoms with Gasteiger partial charge in [0.25, 0.3) is 5.91 Å². The van der Waals surface area contributed by atoms with Gasteiger partial charge in [-0.05, 0) is 24.3 Å². The van der Waals surface area contributed by atoms with Gasteiger partial charge in [-0.2, -0.15) is 0 Å². The van der Waals surface area contributed by atoms with Crippen LogP contribution in [0.15, 0.2) is 42.0 Å². The molecule has 3 rings (SSSR count). The van der Waals surface area contributed by atoms with Crippen LogP contribution in [0.1, 0.15) is 24.2 Å². The number of rotatable bonds is 6. The Morgan fingerprint density at radius 1 is 1.28 bits per heavy atom. The number of amides is 2. The van der Waals surface area contributed by atoms with Crippen molar-refractivity contribution in [2.24, 2.45) is 7.05 Å². The maximum absolute atomic E-state index is 13.5. The minimum absolute atomic E-state index is 0.120. The maximum atomic E-state index is 13.5. The Morgan fingerprint density at radius 3 is 2.69 bits per heavy atom. The van der Waals surface area contributed by atoms with Gasteiger partial charge in [0, 0.05) is 30.4 Å². The van der Waals surface area contributed by atoms with Gasteiger partial charge < -0.3 is 19.9 Å². The van der Waals surface area contributed by atoms with Crippen molar-refractivity contribution < 1.29 is 18.7 Å². The molecule has 2 heterocycles. The van der Waals surface area contributed by atoms with Gasteiger partial charge in [-0.3, -0.25) is 9.59 Å². The Balaban J connectivity index is 0.00000145. The van der Waals surface area contributed by atoms with Gasteiger partial charge in [-0.25, -0.2) is 9.37 Å². The molecule has 0 atom stereocenters. The number of nitrogens with zero attached hydrogens (tertiary/aromatic N) is 2. The second kappa shape index (κ2) is 10.4. The van der Waals surface area contributed by atoms with Gasteiger partial charge in [0.05, 0.1) is 24.9 Å². The number of carbonyl (C=O) groups excluding carboxylic acids is 2. The molecule has 154 valence electrons. The second-order valence-corrected chi connectivity index (χ2v) is 6.54. The molecular formula is C20H23FN4O3S. The molecule has 0 saturated heterocycles. The summed E-state index contributed by atoms with van der Waals surface area (Å²) in [4.78, 5) is 28.2. The number of anilines is 1. The molecule has 2 aromatic heterocycles. The molecule has 0 spiro atoms. The number of benzene rings is 1. The third-order valence-electron chi connectivity index (χ3n) is 3.70. The normalized spacial score (nSPS) is 9.97. The van der Waals surface area contributed by atoms with E-state index in [9.17, 15) is 14.0 Å². The molecule has 0 bridgehead atoms. The number of methoxy groups -OCH3 is 1. The zero-order valence-corrected chi connectivity index (χ0v) is 17.5. The van der Waals surface area contributed by atoms with Gasteiger partial charge in [0.2, 0.25) is 5.91 Å². The lowest BCUT2D eigenvalue weighted by molar-refractivity contribution is -0.115. The summed E-state index contributed by atoms with van der Waals surface area (Å²) >= 11 is 1.23. The van der Waals surface area contributed by atoms with E-state index in [1.54, 1.807) is 41.5 Å². The number of nitrogens with one attached hydrogen (secondary N) is 2. The van der Waals surface area contributed by atoms with Gasteiger partial charge >= 0.3 is 0 Å². The van der Waals surface area contributed by atoms with E-state index >= 15 is 0 Å². The van der Waals surface area contributed by atoms with E-state index in [0.717, 1.165) is 0 Å². The number of carbonyl (C=O) groups is 2. The Labute approximate surface area is 172 Å². The molecule has 2 amide bonds. The fraction of sp³-hybridized carbons (Fsp3) is 0.250. The SMILES string of the molecule is CC.COc1cc(-c2csc(NC(=O)CNC(=O)c3ccn(C)c3)n2)ccc1F. The first-order valence-corrected chi connectivity index (χ1v) is 9.83. The van der Waals surface area contributed by atoms with Crippen LogP contribution in [0, 0.1) is 5.82 Å². The van der Waals surface area contributed by atoms with Gasteiger partial charge in [-0.15, -0.1) is 11.3 Å². The average molecular weight is 418 g/mol. The standard InChI is InChI=1S/C18H17FN4O3S.C2H6/c1-23-6-5-12(9-23)17(25)20-8-16(24)22-18-21-14(10-27-18)11-3-4-13(19)15(7-11)26-2;1-2/h3-7,9-10H,8H2,1-2H3,(H,20,25)(H,21,22,24);1-2H3. The summed E-state index contributed by atoms with van der Waals surface area (Å²) in [5, 5.41) is 7.30. The number of hydrogen-bond acceptors (Lipinski definition) is 5. The summed E-state index contributed by atoms with van der Waals surface area (Å²) in [5.41, 5.74) is 1.73. The fourth-order valence-corrected chi connectivity index (χ4v) is 3.08. The van der Waals surface area contributed by atoms with E-state index in [-0.39, 0.29) is 18.2 Å². The van der Waals surface area contributed by atoms with Gasteiger partial charge in [0.15, 0.2) is 16.7 Å². The maximum Gasteiger partial charge on any atom is 0.253 e. The Bertz CT molecular complexity index is 984. The molecule has 0 aliphatic carbocycles. The summed E-state index contributed by atoms with van der Waals surface area (Å²) < 4.78 is 20.2. The molecule has 0 saturated carbocycles. The summed E-state index contributed by atoms with van der Waals surface area (Å²) in [6, 6.07) is 6.08. The highest BCUT2D eigenvalue weighted by Crippen LogP contribution is 2.28. The lowest BCUT2D eigenvalue weighted by Crippen LogP contribution is -2.32. The van der Waals surface area contributed by atoms with Crippen molar-refractivity contribution >= 4 is 28.3 Å². The van der Waals surface area contributed by atoms with E-state index in [0.29, 0.717) is 22.0 Å². The van der Waals surface area contributed by atoms with Crippen LogP contribution in [-0.2, 0) is 11.8 Å². The number of hydrogen-bond donors (Lipinski definition) is 2. The van der Waals surface area contributed by atoms with E-state index in [1.165, 1.54) is 30.6 Å². The number of aryl methyl sites for hydroxylation is 1. The van der Waals surface area contributed by atoms with Crippen molar-refractivity contribution in [3.8, 4) is 17.0 Å². The molecule has 7 nitrogen and oxygen atoms in total. The highest BCUT2D eigenvalue weighted by Gasteiger charge is 2.12. The van der Waals surface area contributed by atoms with Crippen molar-refractivity contribution in [1.82, 2.24) is 14.9 Å². The Hall–Kier alpha value is -3.20. The van der Waals surface area contributed by atoms with Crippen LogP contribution in [-0.4, -0.2) is 35.0 Å². The largest absolute Gasteiger partial charge is 0.494 e. The highest BCUT2D eigenvalue weighted by atomic mass is 32.1. The molecule has 9 heteroatoms. The van der Waals surface area contributed by atoms with Crippen molar-refractivity contribution in [3.05, 3.63) is 53.4 Å². The minimum atomic E-state index is -0.459. The van der Waals surface area contributed by atoms with Gasteiger partial charge in [0.1, 0.15) is 0 Å². The van der Waals surface area contributed by atoms with Crippen molar-refractivity contribution in [2.75, 3.05) is 19.0 Å². The number of aromatic nitrogens is 2. The quantitative estimate of drug-likeness (QED) is 0.639. The van der Waals surface area contributed by atoms with Crippen LogP contribution < -0.4 is 15.4 Å². The molecule has 0 fully saturated rings. The number of ether oxygens (including phenoxy) is 1. The smallest absolute Gasteiger partial charge is 0.253 e. The molecule has 0 aliphatic heterocycles. The molecule has 0 radical (unpaired) electrons. The summed E-state index contributed by atoms with van der Waals surface area (Å²) in [6.45, 7) is 3.83. The van der Waals surface area contributed by atoms with Crippen LogP contribution >= 0.6 is 11.3 Å². The van der Waals surface area contributed by atoms with E-state index in [1.807, 2.05) is 13.8 Å². The van der Waals surface area contributed by atoms with Crippen LogP contribution in [0.5, 0.6) is 5.75 Å². The number of halogens is 1. The second-order valence-electron chi connectivity index (χ2n) is 5.68. The van der Waals surface area contributed by atoms with Crippen molar-refractivity contribution in [2.45, 2.75) is 13.8 Å². The predicted octanol–water partition coefficient (Wildman–Crippen LogP) is 3.69. The topological polar surface area (TPSA) is 85.3 Å². The van der Waals surface area contributed by atoms with Crippen LogP contribution in [0.2, 0.25) is 0 Å².